The number of halogens is 4. The van der Waals surface area contributed by atoms with Crippen molar-refractivity contribution in [3.05, 3.63) is 74.7 Å². The SMILES string of the molecule is CC(=O)N1CCc2cc(C(=O)Nc3ncc(Cc4cc(C(F)(F)F)ccc4Cl)s3)ccc21. The minimum atomic E-state index is -4.45. The summed E-state index contributed by atoms with van der Waals surface area (Å²) < 4.78 is 38.9. The average Bonchev–Trinajstić information content (AvgIpc) is 3.35. The summed E-state index contributed by atoms with van der Waals surface area (Å²) in [6.07, 6.45) is -2.11. The second-order valence-corrected chi connectivity index (χ2v) is 8.85. The maximum Gasteiger partial charge on any atom is 0.416 e. The van der Waals surface area contributed by atoms with Gasteiger partial charge in [-0.1, -0.05) is 11.6 Å². The zero-order valence-corrected chi connectivity index (χ0v) is 18.4. The van der Waals surface area contributed by atoms with Gasteiger partial charge in [-0.2, -0.15) is 13.2 Å². The summed E-state index contributed by atoms with van der Waals surface area (Å²) in [7, 11) is 0. The fraction of sp³-hybridized carbons (Fsp3) is 0.227. The monoisotopic (exact) mass is 479 g/mol. The number of nitrogens with zero attached hydrogens (tertiary/aromatic N) is 2. The Bertz CT molecular complexity index is 1210. The molecule has 0 aliphatic carbocycles. The van der Waals surface area contributed by atoms with E-state index in [1.165, 1.54) is 30.5 Å². The number of carbonyl (C=O) groups is 2. The summed E-state index contributed by atoms with van der Waals surface area (Å²) >= 11 is 7.23. The summed E-state index contributed by atoms with van der Waals surface area (Å²) in [4.78, 5) is 30.8. The molecule has 0 bridgehead atoms. The molecule has 0 fully saturated rings. The van der Waals surface area contributed by atoms with E-state index in [0.29, 0.717) is 34.1 Å². The highest BCUT2D eigenvalue weighted by Gasteiger charge is 2.31. The number of aromatic nitrogens is 1. The van der Waals surface area contributed by atoms with Crippen molar-refractivity contribution in [2.24, 2.45) is 0 Å². The van der Waals surface area contributed by atoms with Crippen LogP contribution in [0.3, 0.4) is 0 Å². The van der Waals surface area contributed by atoms with Crippen LogP contribution in [0.2, 0.25) is 5.02 Å². The van der Waals surface area contributed by atoms with Gasteiger partial charge in [0.05, 0.1) is 5.56 Å². The van der Waals surface area contributed by atoms with E-state index in [4.69, 9.17) is 11.6 Å². The van der Waals surface area contributed by atoms with Gasteiger partial charge in [0.1, 0.15) is 0 Å². The molecule has 2 aromatic carbocycles. The van der Waals surface area contributed by atoms with Gasteiger partial charge in [-0.05, 0) is 53.9 Å². The smallest absolute Gasteiger partial charge is 0.312 e. The summed E-state index contributed by atoms with van der Waals surface area (Å²) in [5.74, 6) is -0.399. The van der Waals surface area contributed by atoms with Crippen molar-refractivity contribution >= 4 is 45.6 Å². The van der Waals surface area contributed by atoms with E-state index in [2.05, 4.69) is 10.3 Å². The lowest BCUT2D eigenvalue weighted by Crippen LogP contribution is -2.25. The van der Waals surface area contributed by atoms with Gasteiger partial charge in [0.25, 0.3) is 5.91 Å². The van der Waals surface area contributed by atoms with Crippen molar-refractivity contribution in [1.29, 1.82) is 0 Å². The van der Waals surface area contributed by atoms with Crippen LogP contribution in [0, 0.1) is 0 Å². The minimum absolute atomic E-state index is 0.0443. The van der Waals surface area contributed by atoms with E-state index in [-0.39, 0.29) is 23.3 Å². The first-order valence-electron chi connectivity index (χ1n) is 9.64. The predicted molar refractivity (Wildman–Crippen MR) is 118 cm³/mol. The standard InChI is InChI=1S/C22H17ClF3N3O2S/c1-12(30)29-7-6-13-8-14(2-5-19(13)29)20(31)28-21-27-11-17(32-21)10-15-9-16(22(24,25)26)3-4-18(15)23/h2-5,8-9,11H,6-7,10H2,1H3,(H,27,28,31). The van der Waals surface area contributed by atoms with Crippen molar-refractivity contribution in [3.8, 4) is 0 Å². The first-order valence-corrected chi connectivity index (χ1v) is 10.8. The summed E-state index contributed by atoms with van der Waals surface area (Å²) in [5, 5.41) is 3.28. The molecule has 32 heavy (non-hydrogen) atoms. The molecule has 3 aromatic rings. The number of thiazole rings is 1. The van der Waals surface area contributed by atoms with Crippen LogP contribution in [0.15, 0.2) is 42.6 Å². The van der Waals surface area contributed by atoms with Gasteiger partial charge >= 0.3 is 6.18 Å². The van der Waals surface area contributed by atoms with Gasteiger partial charge in [-0.15, -0.1) is 11.3 Å². The normalized spacial score (nSPS) is 13.2. The van der Waals surface area contributed by atoms with Crippen LogP contribution in [-0.4, -0.2) is 23.3 Å². The van der Waals surface area contributed by atoms with Crippen molar-refractivity contribution in [2.45, 2.75) is 25.9 Å². The molecule has 1 aliphatic rings. The number of hydrogen-bond acceptors (Lipinski definition) is 4. The summed E-state index contributed by atoms with van der Waals surface area (Å²) in [6.45, 7) is 2.09. The Hall–Kier alpha value is -2.91. The number of alkyl halides is 3. The van der Waals surface area contributed by atoms with Crippen molar-refractivity contribution in [3.63, 3.8) is 0 Å². The van der Waals surface area contributed by atoms with Crippen LogP contribution in [0.5, 0.6) is 0 Å². The number of rotatable bonds is 4. The number of hydrogen-bond donors (Lipinski definition) is 1. The lowest BCUT2D eigenvalue weighted by atomic mass is 10.1. The Balaban J connectivity index is 1.46. The number of fused-ring (bicyclic) bond motifs is 1. The number of carbonyl (C=O) groups excluding carboxylic acids is 2. The molecule has 0 unspecified atom stereocenters. The highest BCUT2D eigenvalue weighted by Crippen LogP contribution is 2.34. The predicted octanol–water partition coefficient (Wildman–Crippen LogP) is 5.57. The van der Waals surface area contributed by atoms with Gasteiger partial charge < -0.3 is 4.90 Å². The molecule has 166 valence electrons. The van der Waals surface area contributed by atoms with E-state index in [9.17, 15) is 22.8 Å². The molecule has 5 nitrogen and oxygen atoms in total. The zero-order chi connectivity index (χ0) is 23.0. The van der Waals surface area contributed by atoms with E-state index >= 15 is 0 Å². The molecule has 2 heterocycles. The molecule has 4 rings (SSSR count). The Morgan fingerprint density at radius 2 is 2.00 bits per heavy atom. The van der Waals surface area contributed by atoms with Crippen LogP contribution in [0.25, 0.3) is 0 Å². The van der Waals surface area contributed by atoms with Crippen molar-refractivity contribution < 1.29 is 22.8 Å². The molecule has 10 heteroatoms. The van der Waals surface area contributed by atoms with E-state index in [0.717, 1.165) is 23.4 Å². The lowest BCUT2D eigenvalue weighted by Gasteiger charge is -2.14. The summed E-state index contributed by atoms with van der Waals surface area (Å²) in [6, 6.07) is 8.34. The molecular weight excluding hydrogens is 463 g/mol. The van der Waals surface area contributed by atoms with Gasteiger partial charge in [0.2, 0.25) is 5.91 Å². The number of amides is 2. The van der Waals surface area contributed by atoms with Crippen LogP contribution in [-0.2, 0) is 23.8 Å². The Morgan fingerprint density at radius 1 is 1.22 bits per heavy atom. The Labute approximate surface area is 190 Å². The van der Waals surface area contributed by atoms with Gasteiger partial charge in [0, 0.05) is 47.2 Å². The number of nitrogens with one attached hydrogen (secondary N) is 1. The van der Waals surface area contributed by atoms with Crippen LogP contribution in [0.4, 0.5) is 24.0 Å². The van der Waals surface area contributed by atoms with Crippen LogP contribution >= 0.6 is 22.9 Å². The van der Waals surface area contributed by atoms with Crippen molar-refractivity contribution in [2.75, 3.05) is 16.8 Å². The number of anilines is 2. The van der Waals surface area contributed by atoms with E-state index < -0.39 is 11.7 Å². The van der Waals surface area contributed by atoms with Gasteiger partial charge in [-0.25, -0.2) is 4.98 Å². The molecule has 1 aromatic heterocycles. The zero-order valence-electron chi connectivity index (χ0n) is 16.8. The molecule has 0 radical (unpaired) electrons. The molecule has 0 saturated carbocycles. The van der Waals surface area contributed by atoms with Crippen LogP contribution in [0.1, 0.15) is 38.8 Å². The topological polar surface area (TPSA) is 62.3 Å². The van der Waals surface area contributed by atoms with Gasteiger partial charge in [-0.3, -0.25) is 14.9 Å². The second-order valence-electron chi connectivity index (χ2n) is 7.33. The third kappa shape index (κ3) is 4.63. The fourth-order valence-electron chi connectivity index (χ4n) is 3.56. The van der Waals surface area contributed by atoms with E-state index in [1.807, 2.05) is 0 Å². The second kappa shape index (κ2) is 8.55. The first-order chi connectivity index (χ1) is 15.1. The number of benzene rings is 2. The summed E-state index contributed by atoms with van der Waals surface area (Å²) in [5.41, 5.74) is 1.73. The highest BCUT2D eigenvalue weighted by atomic mass is 35.5. The first kappa shape index (κ1) is 22.3. The van der Waals surface area contributed by atoms with Crippen LogP contribution < -0.4 is 10.2 Å². The molecule has 0 atom stereocenters. The largest absolute Gasteiger partial charge is 0.416 e. The Morgan fingerprint density at radius 3 is 2.72 bits per heavy atom. The highest BCUT2D eigenvalue weighted by molar-refractivity contribution is 7.15. The maximum absolute atomic E-state index is 13.0. The third-order valence-electron chi connectivity index (χ3n) is 5.13. The molecule has 2 amide bonds. The minimum Gasteiger partial charge on any atom is -0.312 e. The quantitative estimate of drug-likeness (QED) is 0.532. The van der Waals surface area contributed by atoms with Gasteiger partial charge in [0.15, 0.2) is 5.13 Å². The lowest BCUT2D eigenvalue weighted by molar-refractivity contribution is -0.137. The Kier molecular flexibility index (Phi) is 5.96. The van der Waals surface area contributed by atoms with E-state index in [1.54, 1.807) is 23.1 Å². The molecular formula is C22H17ClF3N3O2S. The fourth-order valence-corrected chi connectivity index (χ4v) is 4.58. The average molecular weight is 480 g/mol. The molecule has 0 spiro atoms. The molecule has 1 N–H and O–H groups in total. The third-order valence-corrected chi connectivity index (χ3v) is 6.41. The molecule has 1 aliphatic heterocycles. The molecule has 0 saturated heterocycles. The maximum atomic E-state index is 13.0. The van der Waals surface area contributed by atoms with Crippen molar-refractivity contribution in [1.82, 2.24) is 4.98 Å².